The minimum atomic E-state index is 0.140. The van der Waals surface area contributed by atoms with E-state index in [2.05, 4.69) is 0 Å². The monoisotopic (exact) mass is 324 g/mol. The van der Waals surface area contributed by atoms with Crippen molar-refractivity contribution >= 4 is 0 Å². The molecule has 0 saturated heterocycles. The maximum Gasteiger partial charge on any atom is 0.0681 e. The summed E-state index contributed by atoms with van der Waals surface area (Å²) in [6.07, 6.45) is 0. The van der Waals surface area contributed by atoms with Crippen LogP contribution in [0.1, 0.15) is 16.7 Å². The van der Waals surface area contributed by atoms with E-state index in [0.29, 0.717) is 0 Å². The van der Waals surface area contributed by atoms with E-state index in [1.165, 1.54) is 0 Å². The molecule has 0 aromatic heterocycles. The van der Waals surface area contributed by atoms with E-state index in [1.54, 1.807) is 0 Å². The van der Waals surface area contributed by atoms with Crippen molar-refractivity contribution in [2.75, 3.05) is 0 Å². The van der Waals surface area contributed by atoms with Gasteiger partial charge in [-0.3, -0.25) is 0 Å². The highest BCUT2D eigenvalue weighted by molar-refractivity contribution is 5.14. The fraction of sp³-hybridized carbons (Fsp3) is 0.143. The van der Waals surface area contributed by atoms with Crippen LogP contribution in [0.25, 0.3) is 0 Å². The van der Waals surface area contributed by atoms with E-state index >= 15 is 0 Å². The second kappa shape index (κ2) is 13.0. The molecule has 0 fully saturated rings. The van der Waals surface area contributed by atoms with Gasteiger partial charge in [0.1, 0.15) is 0 Å². The summed E-state index contributed by atoms with van der Waals surface area (Å²) in [5.74, 6) is 0. The molecule has 0 saturated carbocycles. The predicted octanol–water partition coefficient (Wildman–Crippen LogP) is 3.54. The third kappa shape index (κ3) is 8.86. The lowest BCUT2D eigenvalue weighted by Gasteiger charge is -1.89. The fourth-order valence-electron chi connectivity index (χ4n) is 1.75. The van der Waals surface area contributed by atoms with Crippen LogP contribution in [-0.4, -0.2) is 15.3 Å². The number of hydrogen-bond acceptors (Lipinski definition) is 3. The molecule has 0 atom stereocenters. The second-order valence-corrected chi connectivity index (χ2v) is 4.93. The zero-order chi connectivity index (χ0) is 17.5. The maximum atomic E-state index is 8.54. The van der Waals surface area contributed by atoms with Crippen LogP contribution in [0.15, 0.2) is 91.0 Å². The quantitative estimate of drug-likeness (QED) is 0.690. The third-order valence-corrected chi connectivity index (χ3v) is 3.08. The standard InChI is InChI=1S/3C7H8O/c3*8-6-7-4-2-1-3-5-7/h3*1-5,8H,6H2. The average molecular weight is 324 g/mol. The molecule has 3 rings (SSSR count). The lowest BCUT2D eigenvalue weighted by Crippen LogP contribution is -1.77. The summed E-state index contributed by atoms with van der Waals surface area (Å²) in [7, 11) is 0. The van der Waals surface area contributed by atoms with Crippen LogP contribution in [0.5, 0.6) is 0 Å². The maximum absolute atomic E-state index is 8.54. The summed E-state index contributed by atoms with van der Waals surface area (Å²) < 4.78 is 0. The largest absolute Gasteiger partial charge is 0.392 e. The summed E-state index contributed by atoms with van der Waals surface area (Å²) in [4.78, 5) is 0. The third-order valence-electron chi connectivity index (χ3n) is 3.08. The van der Waals surface area contributed by atoms with E-state index in [4.69, 9.17) is 15.3 Å². The van der Waals surface area contributed by atoms with Gasteiger partial charge in [0.25, 0.3) is 0 Å². The molecule has 24 heavy (non-hydrogen) atoms. The Labute approximate surface area is 143 Å². The molecule has 0 aliphatic rings. The molecule has 0 amide bonds. The Balaban J connectivity index is 0.000000180. The van der Waals surface area contributed by atoms with Crippen molar-refractivity contribution in [3.05, 3.63) is 108 Å². The van der Waals surface area contributed by atoms with Crippen LogP contribution in [0.2, 0.25) is 0 Å². The minimum Gasteiger partial charge on any atom is -0.392 e. The van der Waals surface area contributed by atoms with Crippen molar-refractivity contribution in [2.24, 2.45) is 0 Å². The van der Waals surface area contributed by atoms with Crippen molar-refractivity contribution < 1.29 is 15.3 Å². The van der Waals surface area contributed by atoms with Gasteiger partial charge in [0.15, 0.2) is 0 Å². The molecule has 0 aliphatic carbocycles. The van der Waals surface area contributed by atoms with Gasteiger partial charge in [0.2, 0.25) is 0 Å². The van der Waals surface area contributed by atoms with E-state index in [-0.39, 0.29) is 19.8 Å². The molecule has 3 heteroatoms. The molecule has 0 radical (unpaired) electrons. The van der Waals surface area contributed by atoms with Crippen molar-refractivity contribution in [1.82, 2.24) is 0 Å². The lowest BCUT2D eigenvalue weighted by molar-refractivity contribution is 0.281. The lowest BCUT2D eigenvalue weighted by atomic mass is 10.2. The van der Waals surface area contributed by atoms with Gasteiger partial charge < -0.3 is 15.3 Å². The number of benzene rings is 3. The van der Waals surface area contributed by atoms with Crippen molar-refractivity contribution in [3.63, 3.8) is 0 Å². The van der Waals surface area contributed by atoms with Gasteiger partial charge in [-0.15, -0.1) is 0 Å². The van der Waals surface area contributed by atoms with Gasteiger partial charge >= 0.3 is 0 Å². The normalized spacial score (nSPS) is 9.12. The van der Waals surface area contributed by atoms with Crippen molar-refractivity contribution in [1.29, 1.82) is 0 Å². The molecule has 3 nitrogen and oxygen atoms in total. The van der Waals surface area contributed by atoms with Crippen LogP contribution < -0.4 is 0 Å². The molecule has 126 valence electrons. The topological polar surface area (TPSA) is 60.7 Å². The number of aliphatic hydroxyl groups excluding tert-OH is 3. The highest BCUT2D eigenvalue weighted by Gasteiger charge is 1.82. The summed E-state index contributed by atoms with van der Waals surface area (Å²) >= 11 is 0. The van der Waals surface area contributed by atoms with Gasteiger partial charge in [-0.1, -0.05) is 91.0 Å². The summed E-state index contributed by atoms with van der Waals surface area (Å²) in [6, 6.07) is 28.6. The number of rotatable bonds is 3. The van der Waals surface area contributed by atoms with E-state index in [1.807, 2.05) is 91.0 Å². The molecular weight excluding hydrogens is 300 g/mol. The van der Waals surface area contributed by atoms with Crippen LogP contribution in [0.3, 0.4) is 0 Å². The predicted molar refractivity (Wildman–Crippen MR) is 97.1 cm³/mol. The van der Waals surface area contributed by atoms with Crippen LogP contribution in [-0.2, 0) is 19.8 Å². The molecular formula is C21H24O3. The fourth-order valence-corrected chi connectivity index (χ4v) is 1.75. The molecule has 0 unspecified atom stereocenters. The van der Waals surface area contributed by atoms with Gasteiger partial charge in [-0.25, -0.2) is 0 Å². The molecule has 3 N–H and O–H groups in total. The number of aliphatic hydroxyl groups is 3. The van der Waals surface area contributed by atoms with Crippen LogP contribution in [0.4, 0.5) is 0 Å². The zero-order valence-electron chi connectivity index (χ0n) is 13.6. The SMILES string of the molecule is OCc1ccccc1.OCc1ccccc1.OCc1ccccc1. The van der Waals surface area contributed by atoms with Crippen LogP contribution in [0, 0.1) is 0 Å². The molecule has 0 aliphatic heterocycles. The molecule has 0 spiro atoms. The van der Waals surface area contributed by atoms with Gasteiger partial charge in [0, 0.05) is 0 Å². The minimum absolute atomic E-state index is 0.140. The van der Waals surface area contributed by atoms with Crippen molar-refractivity contribution in [2.45, 2.75) is 19.8 Å². The second-order valence-electron chi connectivity index (χ2n) is 4.93. The molecule has 3 aromatic rings. The van der Waals surface area contributed by atoms with Gasteiger partial charge in [0.05, 0.1) is 19.8 Å². The summed E-state index contributed by atoms with van der Waals surface area (Å²) in [5.41, 5.74) is 2.90. The first-order valence-corrected chi connectivity index (χ1v) is 7.74. The van der Waals surface area contributed by atoms with E-state index in [0.717, 1.165) is 16.7 Å². The zero-order valence-corrected chi connectivity index (χ0v) is 13.6. The molecule has 3 aromatic carbocycles. The smallest absolute Gasteiger partial charge is 0.0681 e. The Morgan fingerprint density at radius 1 is 0.375 bits per heavy atom. The first kappa shape index (κ1) is 19.6. The highest BCUT2D eigenvalue weighted by Crippen LogP contribution is 1.96. The first-order valence-electron chi connectivity index (χ1n) is 7.74. The number of hydrogen-bond donors (Lipinski definition) is 3. The van der Waals surface area contributed by atoms with Crippen molar-refractivity contribution in [3.8, 4) is 0 Å². The Hall–Kier alpha value is -2.46. The summed E-state index contributed by atoms with van der Waals surface area (Å²) in [6.45, 7) is 0.419. The Kier molecular flexibility index (Phi) is 10.6. The first-order chi connectivity index (χ1) is 11.8. The Morgan fingerprint density at radius 3 is 0.708 bits per heavy atom. The molecule has 0 bridgehead atoms. The van der Waals surface area contributed by atoms with E-state index < -0.39 is 0 Å². The van der Waals surface area contributed by atoms with Gasteiger partial charge in [-0.2, -0.15) is 0 Å². The Morgan fingerprint density at radius 2 is 0.583 bits per heavy atom. The summed E-state index contributed by atoms with van der Waals surface area (Å²) in [5, 5.41) is 25.6. The average Bonchev–Trinajstić information content (AvgIpc) is 2.71. The van der Waals surface area contributed by atoms with E-state index in [9.17, 15) is 0 Å². The van der Waals surface area contributed by atoms with Crippen LogP contribution >= 0.6 is 0 Å². The molecule has 0 heterocycles. The Bertz CT molecular complexity index is 531. The van der Waals surface area contributed by atoms with Gasteiger partial charge in [-0.05, 0) is 16.7 Å². The highest BCUT2D eigenvalue weighted by atomic mass is 16.3.